The number of benzene rings is 2. The predicted molar refractivity (Wildman–Crippen MR) is 125 cm³/mol. The second kappa shape index (κ2) is 11.2. The number of carbonyl (C=O) groups excluding carboxylic acids is 1. The molecule has 0 aliphatic carbocycles. The van der Waals surface area contributed by atoms with Crippen LogP contribution in [0.4, 0.5) is 10.3 Å². The number of aromatic nitrogens is 3. The fourth-order valence-electron chi connectivity index (χ4n) is 3.41. The molecule has 1 aliphatic heterocycles. The maximum atomic E-state index is 13.9. The number of morpholine rings is 1. The maximum Gasteiger partial charge on any atom is 0.232 e. The maximum absolute atomic E-state index is 13.9. The fourth-order valence-corrected chi connectivity index (χ4v) is 4.19. The lowest BCUT2D eigenvalue weighted by molar-refractivity contribution is -0.118. The molecule has 2 heterocycles. The zero-order valence-corrected chi connectivity index (χ0v) is 19.2. The van der Waals surface area contributed by atoms with E-state index in [4.69, 9.17) is 9.47 Å². The molecule has 0 saturated carbocycles. The lowest BCUT2D eigenvalue weighted by Gasteiger charge is -2.27. The summed E-state index contributed by atoms with van der Waals surface area (Å²) >= 11 is 1.25. The van der Waals surface area contributed by atoms with E-state index >= 15 is 0 Å². The monoisotopic (exact) mass is 471 g/mol. The molecule has 0 atom stereocenters. The van der Waals surface area contributed by atoms with Crippen LogP contribution in [-0.2, 0) is 9.53 Å². The van der Waals surface area contributed by atoms with Gasteiger partial charge in [0, 0.05) is 13.1 Å². The van der Waals surface area contributed by atoms with Gasteiger partial charge in [0.15, 0.2) is 5.16 Å². The average Bonchev–Trinajstić information content (AvgIpc) is 3.25. The minimum absolute atomic E-state index is 0.144. The van der Waals surface area contributed by atoms with Gasteiger partial charge >= 0.3 is 0 Å². The van der Waals surface area contributed by atoms with Crippen LogP contribution in [0.15, 0.2) is 53.7 Å². The van der Waals surface area contributed by atoms with Gasteiger partial charge in [-0.25, -0.2) is 4.39 Å². The first-order valence-corrected chi connectivity index (χ1v) is 11.7. The highest BCUT2D eigenvalue weighted by molar-refractivity contribution is 7.99. The number of nitrogens with zero attached hydrogens (tertiary/aromatic N) is 4. The Hall–Kier alpha value is -3.11. The topological polar surface area (TPSA) is 81.5 Å². The fraction of sp³-hybridized carbons (Fsp3) is 0.348. The highest BCUT2D eigenvalue weighted by atomic mass is 32.2. The molecule has 1 saturated heterocycles. The Bertz CT molecular complexity index is 1090. The van der Waals surface area contributed by atoms with Crippen molar-refractivity contribution in [2.24, 2.45) is 0 Å². The average molecular weight is 472 g/mol. The van der Waals surface area contributed by atoms with Gasteiger partial charge < -0.3 is 19.7 Å². The first-order chi connectivity index (χ1) is 16.1. The van der Waals surface area contributed by atoms with Crippen molar-refractivity contribution < 1.29 is 18.7 Å². The standard InChI is InChI=1S/C23H26FN5O3S/c1-17-4-2-7-20(14-17)32-11-8-25-21(30)16-33-23-27-26-22(28-9-12-31-13-10-28)29(23)19-6-3-5-18(24)15-19/h2-7,14-15H,8-13,16H2,1H3,(H,25,30). The molecule has 1 fully saturated rings. The van der Waals surface area contributed by atoms with Gasteiger partial charge in [0.2, 0.25) is 11.9 Å². The van der Waals surface area contributed by atoms with Gasteiger partial charge in [-0.3, -0.25) is 9.36 Å². The molecule has 0 spiro atoms. The molecule has 8 nitrogen and oxygen atoms in total. The van der Waals surface area contributed by atoms with Gasteiger partial charge in [-0.15, -0.1) is 10.2 Å². The zero-order valence-electron chi connectivity index (χ0n) is 18.4. The van der Waals surface area contributed by atoms with Crippen molar-refractivity contribution >= 4 is 23.6 Å². The Morgan fingerprint density at radius 3 is 2.79 bits per heavy atom. The van der Waals surface area contributed by atoms with Gasteiger partial charge in [0.25, 0.3) is 0 Å². The number of ether oxygens (including phenoxy) is 2. The second-order valence-electron chi connectivity index (χ2n) is 7.50. The van der Waals surface area contributed by atoms with Gasteiger partial charge in [-0.2, -0.15) is 0 Å². The summed E-state index contributed by atoms with van der Waals surface area (Å²) in [6.45, 7) is 5.28. The summed E-state index contributed by atoms with van der Waals surface area (Å²) in [5, 5.41) is 12.0. The normalized spacial score (nSPS) is 13.7. The highest BCUT2D eigenvalue weighted by Crippen LogP contribution is 2.27. The number of rotatable bonds is 9. The summed E-state index contributed by atoms with van der Waals surface area (Å²) < 4.78 is 26.8. The van der Waals surface area contributed by atoms with Crippen molar-refractivity contribution in [3.05, 3.63) is 59.9 Å². The molecule has 2 aromatic carbocycles. The van der Waals surface area contributed by atoms with Crippen molar-refractivity contribution in [2.45, 2.75) is 12.1 Å². The third-order valence-corrected chi connectivity index (χ3v) is 5.92. The molecule has 174 valence electrons. The number of halogens is 1. The molecule has 3 aromatic rings. The summed E-state index contributed by atoms with van der Waals surface area (Å²) in [6, 6.07) is 14.0. The number of anilines is 1. The number of nitrogens with one attached hydrogen (secondary N) is 1. The minimum atomic E-state index is -0.351. The van der Waals surface area contributed by atoms with E-state index in [0.717, 1.165) is 11.3 Å². The number of carbonyl (C=O) groups is 1. The molecule has 1 N–H and O–H groups in total. The SMILES string of the molecule is Cc1cccc(OCCNC(=O)CSc2nnc(N3CCOCC3)n2-c2cccc(F)c2)c1. The van der Waals surface area contributed by atoms with Crippen molar-refractivity contribution in [3.8, 4) is 11.4 Å². The summed E-state index contributed by atoms with van der Waals surface area (Å²) in [7, 11) is 0. The Labute approximate surface area is 196 Å². The van der Waals surface area contributed by atoms with E-state index in [1.165, 1.54) is 23.9 Å². The third-order valence-electron chi connectivity index (χ3n) is 4.99. The van der Waals surface area contributed by atoms with E-state index in [1.807, 2.05) is 36.1 Å². The van der Waals surface area contributed by atoms with Crippen LogP contribution >= 0.6 is 11.8 Å². The van der Waals surface area contributed by atoms with Crippen molar-refractivity contribution in [3.63, 3.8) is 0 Å². The van der Waals surface area contributed by atoms with E-state index in [1.54, 1.807) is 16.7 Å². The molecular formula is C23H26FN5O3S. The van der Waals surface area contributed by atoms with Crippen molar-refractivity contribution in [2.75, 3.05) is 50.1 Å². The van der Waals surface area contributed by atoms with Gasteiger partial charge in [0.1, 0.15) is 18.2 Å². The molecule has 0 unspecified atom stereocenters. The van der Waals surface area contributed by atoms with Crippen LogP contribution in [-0.4, -0.2) is 65.9 Å². The van der Waals surface area contributed by atoms with Crippen LogP contribution in [0, 0.1) is 12.7 Å². The lowest BCUT2D eigenvalue weighted by Crippen LogP contribution is -2.37. The first-order valence-electron chi connectivity index (χ1n) is 10.7. The summed E-state index contributed by atoms with van der Waals surface area (Å²) in [5.41, 5.74) is 1.72. The smallest absolute Gasteiger partial charge is 0.232 e. The summed E-state index contributed by atoms with van der Waals surface area (Å²) in [6.07, 6.45) is 0. The Kier molecular flexibility index (Phi) is 7.79. The number of hydrogen-bond acceptors (Lipinski definition) is 7. The number of thioether (sulfide) groups is 1. The minimum Gasteiger partial charge on any atom is -0.492 e. The molecule has 10 heteroatoms. The zero-order chi connectivity index (χ0) is 23.0. The van der Waals surface area contributed by atoms with Crippen molar-refractivity contribution in [1.29, 1.82) is 0 Å². The molecule has 0 bridgehead atoms. The Morgan fingerprint density at radius 1 is 1.18 bits per heavy atom. The number of aryl methyl sites for hydroxylation is 1. The van der Waals surface area contributed by atoms with Crippen LogP contribution in [0.2, 0.25) is 0 Å². The van der Waals surface area contributed by atoms with Crippen LogP contribution in [0.3, 0.4) is 0 Å². The first kappa shape index (κ1) is 23.1. The summed E-state index contributed by atoms with van der Waals surface area (Å²) in [4.78, 5) is 14.4. The van der Waals surface area contributed by atoms with Crippen LogP contribution in [0.1, 0.15) is 5.56 Å². The molecular weight excluding hydrogens is 445 g/mol. The van der Waals surface area contributed by atoms with E-state index < -0.39 is 0 Å². The van der Waals surface area contributed by atoms with E-state index in [9.17, 15) is 9.18 Å². The lowest BCUT2D eigenvalue weighted by atomic mass is 10.2. The van der Waals surface area contributed by atoms with Gasteiger partial charge in [-0.05, 0) is 42.8 Å². The molecule has 4 rings (SSSR count). The number of hydrogen-bond donors (Lipinski definition) is 1. The molecule has 1 aliphatic rings. The molecule has 1 amide bonds. The Morgan fingerprint density at radius 2 is 2.00 bits per heavy atom. The number of amides is 1. The van der Waals surface area contributed by atoms with Crippen LogP contribution in [0.25, 0.3) is 5.69 Å². The molecule has 1 aromatic heterocycles. The van der Waals surface area contributed by atoms with Crippen molar-refractivity contribution in [1.82, 2.24) is 20.1 Å². The molecule has 0 radical (unpaired) electrons. The second-order valence-corrected chi connectivity index (χ2v) is 8.44. The van der Waals surface area contributed by atoms with E-state index in [-0.39, 0.29) is 17.5 Å². The summed E-state index contributed by atoms with van der Waals surface area (Å²) in [5.74, 6) is 1.04. The largest absolute Gasteiger partial charge is 0.492 e. The predicted octanol–water partition coefficient (Wildman–Crippen LogP) is 2.84. The van der Waals surface area contributed by atoms with E-state index in [2.05, 4.69) is 15.5 Å². The van der Waals surface area contributed by atoms with Gasteiger partial charge in [0.05, 0.1) is 31.2 Å². The molecule has 33 heavy (non-hydrogen) atoms. The van der Waals surface area contributed by atoms with Gasteiger partial charge in [-0.1, -0.05) is 30.0 Å². The third kappa shape index (κ3) is 6.23. The highest BCUT2D eigenvalue weighted by Gasteiger charge is 2.22. The quantitative estimate of drug-likeness (QED) is 0.380. The van der Waals surface area contributed by atoms with Crippen LogP contribution < -0.4 is 15.0 Å². The van der Waals surface area contributed by atoms with Crippen LogP contribution in [0.5, 0.6) is 5.75 Å². The Balaban J connectivity index is 1.37. The van der Waals surface area contributed by atoms with E-state index in [0.29, 0.717) is 56.2 Å².